The quantitative estimate of drug-likeness (QED) is 0.661. The zero-order chi connectivity index (χ0) is 14.8. The van der Waals surface area contributed by atoms with E-state index in [1.807, 2.05) is 13.0 Å². The lowest BCUT2D eigenvalue weighted by atomic mass is 10.3. The summed E-state index contributed by atoms with van der Waals surface area (Å²) in [5.41, 5.74) is 2.24. The van der Waals surface area contributed by atoms with Gasteiger partial charge in [-0.3, -0.25) is 9.88 Å². The van der Waals surface area contributed by atoms with Gasteiger partial charge in [-0.05, 0) is 39.2 Å². The molecule has 1 N–H and O–H groups in total. The standard InChI is InChI=1S/C16H30N4/c1-5-20(6-2)13-11-17-10-12-19(4)14-16-9-7-8-15(3)18-16/h7-9,17H,5-6,10-14H2,1-4H3. The minimum Gasteiger partial charge on any atom is -0.314 e. The van der Waals surface area contributed by atoms with Gasteiger partial charge in [-0.25, -0.2) is 0 Å². The van der Waals surface area contributed by atoms with E-state index < -0.39 is 0 Å². The molecule has 1 rings (SSSR count). The molecule has 0 amide bonds. The van der Waals surface area contributed by atoms with Gasteiger partial charge in [-0.2, -0.15) is 0 Å². The number of pyridine rings is 1. The Bertz CT molecular complexity index is 363. The lowest BCUT2D eigenvalue weighted by molar-refractivity contribution is 0.290. The second kappa shape index (κ2) is 9.86. The van der Waals surface area contributed by atoms with E-state index in [1.165, 1.54) is 0 Å². The first-order valence-electron chi connectivity index (χ1n) is 7.69. The molecule has 0 aromatic carbocycles. The van der Waals surface area contributed by atoms with Crippen molar-refractivity contribution in [3.63, 3.8) is 0 Å². The summed E-state index contributed by atoms with van der Waals surface area (Å²) >= 11 is 0. The third-order valence-electron chi connectivity index (χ3n) is 3.55. The zero-order valence-electron chi connectivity index (χ0n) is 13.5. The van der Waals surface area contributed by atoms with Gasteiger partial charge >= 0.3 is 0 Å². The fourth-order valence-electron chi connectivity index (χ4n) is 2.22. The van der Waals surface area contributed by atoms with Crippen LogP contribution in [0.3, 0.4) is 0 Å². The molecule has 0 unspecified atom stereocenters. The number of likely N-dealkylation sites (N-methyl/N-ethyl adjacent to an activating group) is 2. The van der Waals surface area contributed by atoms with Gasteiger partial charge in [0, 0.05) is 38.4 Å². The van der Waals surface area contributed by atoms with Crippen molar-refractivity contribution in [1.29, 1.82) is 0 Å². The van der Waals surface area contributed by atoms with Gasteiger partial charge in [0.25, 0.3) is 0 Å². The number of hydrogen-bond donors (Lipinski definition) is 1. The van der Waals surface area contributed by atoms with Crippen molar-refractivity contribution in [3.8, 4) is 0 Å². The van der Waals surface area contributed by atoms with Gasteiger partial charge < -0.3 is 10.2 Å². The van der Waals surface area contributed by atoms with Gasteiger partial charge in [0.1, 0.15) is 0 Å². The number of hydrogen-bond acceptors (Lipinski definition) is 4. The molecule has 0 atom stereocenters. The number of aryl methyl sites for hydroxylation is 1. The van der Waals surface area contributed by atoms with E-state index in [-0.39, 0.29) is 0 Å². The highest BCUT2D eigenvalue weighted by Crippen LogP contribution is 2.01. The molecular weight excluding hydrogens is 248 g/mol. The Kier molecular flexibility index (Phi) is 8.42. The molecule has 0 spiro atoms. The minimum atomic E-state index is 0.916. The van der Waals surface area contributed by atoms with E-state index in [9.17, 15) is 0 Å². The molecule has 1 aromatic heterocycles. The average Bonchev–Trinajstić information content (AvgIpc) is 2.43. The van der Waals surface area contributed by atoms with Gasteiger partial charge in [-0.1, -0.05) is 19.9 Å². The van der Waals surface area contributed by atoms with Crippen LogP contribution >= 0.6 is 0 Å². The maximum Gasteiger partial charge on any atom is 0.0547 e. The number of nitrogens with one attached hydrogen (secondary N) is 1. The summed E-state index contributed by atoms with van der Waals surface area (Å²) in [5, 5.41) is 3.51. The van der Waals surface area contributed by atoms with Crippen molar-refractivity contribution in [3.05, 3.63) is 29.6 Å². The van der Waals surface area contributed by atoms with Crippen molar-refractivity contribution >= 4 is 0 Å². The van der Waals surface area contributed by atoms with Crippen LogP contribution in [-0.4, -0.2) is 61.1 Å². The highest BCUT2D eigenvalue weighted by atomic mass is 15.1. The topological polar surface area (TPSA) is 31.4 Å². The van der Waals surface area contributed by atoms with Crippen LogP contribution in [0.2, 0.25) is 0 Å². The maximum absolute atomic E-state index is 4.53. The molecule has 20 heavy (non-hydrogen) atoms. The van der Waals surface area contributed by atoms with Crippen LogP contribution in [0.15, 0.2) is 18.2 Å². The molecule has 4 nitrogen and oxygen atoms in total. The van der Waals surface area contributed by atoms with Crippen LogP contribution in [0, 0.1) is 6.92 Å². The zero-order valence-corrected chi connectivity index (χ0v) is 13.5. The molecule has 1 heterocycles. The summed E-state index contributed by atoms with van der Waals surface area (Å²) in [6, 6.07) is 6.21. The SMILES string of the molecule is CCN(CC)CCNCCN(C)Cc1cccc(C)n1. The van der Waals surface area contributed by atoms with E-state index in [4.69, 9.17) is 0 Å². The van der Waals surface area contributed by atoms with Crippen molar-refractivity contribution in [2.75, 3.05) is 46.3 Å². The second-order valence-corrected chi connectivity index (χ2v) is 5.28. The molecule has 0 saturated heterocycles. The first kappa shape index (κ1) is 17.1. The van der Waals surface area contributed by atoms with Crippen molar-refractivity contribution in [2.45, 2.75) is 27.3 Å². The molecule has 0 aliphatic heterocycles. The van der Waals surface area contributed by atoms with E-state index in [2.05, 4.69) is 53.1 Å². The first-order valence-corrected chi connectivity index (χ1v) is 7.69. The van der Waals surface area contributed by atoms with E-state index >= 15 is 0 Å². The Balaban J connectivity index is 2.13. The van der Waals surface area contributed by atoms with Crippen molar-refractivity contribution in [2.24, 2.45) is 0 Å². The van der Waals surface area contributed by atoms with Gasteiger partial charge in [0.2, 0.25) is 0 Å². The number of nitrogens with zero attached hydrogens (tertiary/aromatic N) is 3. The Hall–Kier alpha value is -0.970. The van der Waals surface area contributed by atoms with Crippen LogP contribution in [0.5, 0.6) is 0 Å². The summed E-state index contributed by atoms with van der Waals surface area (Å²) in [4.78, 5) is 9.28. The van der Waals surface area contributed by atoms with E-state index in [0.717, 1.165) is 57.2 Å². The Morgan fingerprint density at radius 1 is 1.10 bits per heavy atom. The van der Waals surface area contributed by atoms with Crippen LogP contribution in [-0.2, 0) is 6.54 Å². The maximum atomic E-state index is 4.53. The summed E-state index contributed by atoms with van der Waals surface area (Å²) in [6.07, 6.45) is 0. The first-order chi connectivity index (χ1) is 9.65. The summed E-state index contributed by atoms with van der Waals surface area (Å²) in [7, 11) is 2.15. The minimum absolute atomic E-state index is 0.916. The van der Waals surface area contributed by atoms with E-state index in [0.29, 0.717) is 0 Å². The van der Waals surface area contributed by atoms with Crippen LogP contribution < -0.4 is 5.32 Å². The fraction of sp³-hybridized carbons (Fsp3) is 0.688. The predicted molar refractivity (Wildman–Crippen MR) is 86.0 cm³/mol. The molecule has 4 heteroatoms. The third kappa shape index (κ3) is 6.98. The predicted octanol–water partition coefficient (Wildman–Crippen LogP) is 1.75. The molecule has 1 aromatic rings. The van der Waals surface area contributed by atoms with Gasteiger partial charge in [0.15, 0.2) is 0 Å². The molecule has 0 bridgehead atoms. The molecule has 114 valence electrons. The highest BCUT2D eigenvalue weighted by molar-refractivity contribution is 5.09. The van der Waals surface area contributed by atoms with E-state index in [1.54, 1.807) is 0 Å². The Morgan fingerprint density at radius 2 is 1.80 bits per heavy atom. The second-order valence-electron chi connectivity index (χ2n) is 5.28. The molecule has 0 aliphatic carbocycles. The monoisotopic (exact) mass is 278 g/mol. The van der Waals surface area contributed by atoms with Crippen molar-refractivity contribution < 1.29 is 0 Å². The fourth-order valence-corrected chi connectivity index (χ4v) is 2.22. The van der Waals surface area contributed by atoms with Crippen LogP contribution in [0.1, 0.15) is 25.2 Å². The van der Waals surface area contributed by atoms with Crippen LogP contribution in [0.4, 0.5) is 0 Å². The molecule has 0 saturated carbocycles. The smallest absolute Gasteiger partial charge is 0.0547 e. The van der Waals surface area contributed by atoms with Crippen LogP contribution in [0.25, 0.3) is 0 Å². The molecule has 0 fully saturated rings. The molecular formula is C16H30N4. The highest BCUT2D eigenvalue weighted by Gasteiger charge is 2.02. The Morgan fingerprint density at radius 3 is 2.45 bits per heavy atom. The summed E-state index contributed by atoms with van der Waals surface area (Å²) in [5.74, 6) is 0. The third-order valence-corrected chi connectivity index (χ3v) is 3.55. The molecule has 0 aliphatic rings. The van der Waals surface area contributed by atoms with Gasteiger partial charge in [-0.15, -0.1) is 0 Å². The number of aromatic nitrogens is 1. The molecule has 0 radical (unpaired) electrons. The lowest BCUT2D eigenvalue weighted by Crippen LogP contribution is -2.35. The van der Waals surface area contributed by atoms with Crippen molar-refractivity contribution in [1.82, 2.24) is 20.1 Å². The Labute approximate surface area is 124 Å². The van der Waals surface area contributed by atoms with Gasteiger partial charge in [0.05, 0.1) is 5.69 Å². The largest absolute Gasteiger partial charge is 0.314 e. The summed E-state index contributed by atoms with van der Waals surface area (Å²) in [6.45, 7) is 13.9. The number of rotatable bonds is 10. The summed E-state index contributed by atoms with van der Waals surface area (Å²) < 4.78 is 0. The normalized spacial score (nSPS) is 11.5. The average molecular weight is 278 g/mol. The lowest BCUT2D eigenvalue weighted by Gasteiger charge is -2.19.